The number of ether oxygens (including phenoxy) is 1. The van der Waals surface area contributed by atoms with Crippen LogP contribution in [0, 0.1) is 3.57 Å². The van der Waals surface area contributed by atoms with E-state index in [2.05, 4.69) is 27.9 Å². The Kier molecular flexibility index (Phi) is 6.87. The SMILES string of the molecule is CCN(C(=O)c1ccc(NC(=O)c2ccc(OC)c(I)c2)cc1)c1ccccc1. The first-order valence-corrected chi connectivity index (χ1v) is 10.2. The van der Waals surface area contributed by atoms with E-state index >= 15 is 0 Å². The lowest BCUT2D eigenvalue weighted by Gasteiger charge is -2.21. The standard InChI is InChI=1S/C23H21IN2O3/c1-3-26(19-7-5-4-6-8-19)23(28)16-9-12-18(13-10-16)25-22(27)17-11-14-21(29-2)20(24)15-17/h4-15H,3H2,1-2H3,(H,25,27). The third-order valence-electron chi connectivity index (χ3n) is 4.43. The highest BCUT2D eigenvalue weighted by Crippen LogP contribution is 2.23. The van der Waals surface area contributed by atoms with Crippen molar-refractivity contribution in [3.63, 3.8) is 0 Å². The van der Waals surface area contributed by atoms with Gasteiger partial charge in [0.05, 0.1) is 10.7 Å². The van der Waals surface area contributed by atoms with Gasteiger partial charge in [0.1, 0.15) is 5.75 Å². The van der Waals surface area contributed by atoms with Crippen LogP contribution in [-0.4, -0.2) is 25.5 Å². The van der Waals surface area contributed by atoms with Crippen LogP contribution in [0.15, 0.2) is 72.8 Å². The van der Waals surface area contributed by atoms with E-state index < -0.39 is 0 Å². The third kappa shape index (κ3) is 4.95. The normalized spacial score (nSPS) is 10.3. The first-order valence-electron chi connectivity index (χ1n) is 9.15. The van der Waals surface area contributed by atoms with E-state index in [0.717, 1.165) is 15.0 Å². The smallest absolute Gasteiger partial charge is 0.258 e. The number of rotatable bonds is 6. The number of nitrogens with one attached hydrogen (secondary N) is 1. The van der Waals surface area contributed by atoms with Gasteiger partial charge < -0.3 is 15.0 Å². The summed E-state index contributed by atoms with van der Waals surface area (Å²) in [6, 6.07) is 21.7. The fourth-order valence-corrected chi connectivity index (χ4v) is 3.65. The van der Waals surface area contributed by atoms with E-state index in [4.69, 9.17) is 4.74 Å². The Hall–Kier alpha value is -2.87. The van der Waals surface area contributed by atoms with E-state index in [1.165, 1.54) is 0 Å². The van der Waals surface area contributed by atoms with Gasteiger partial charge >= 0.3 is 0 Å². The Morgan fingerprint density at radius 3 is 2.21 bits per heavy atom. The highest BCUT2D eigenvalue weighted by molar-refractivity contribution is 14.1. The largest absolute Gasteiger partial charge is 0.496 e. The van der Waals surface area contributed by atoms with Gasteiger partial charge in [-0.05, 0) is 84.1 Å². The van der Waals surface area contributed by atoms with Crippen LogP contribution in [0.2, 0.25) is 0 Å². The molecule has 0 radical (unpaired) electrons. The van der Waals surface area contributed by atoms with Gasteiger partial charge in [0.2, 0.25) is 0 Å². The molecule has 0 bridgehead atoms. The zero-order chi connectivity index (χ0) is 20.8. The lowest BCUT2D eigenvalue weighted by Crippen LogP contribution is -2.30. The van der Waals surface area contributed by atoms with Crippen molar-refractivity contribution in [2.45, 2.75) is 6.92 Å². The maximum Gasteiger partial charge on any atom is 0.258 e. The summed E-state index contributed by atoms with van der Waals surface area (Å²) in [5.74, 6) is 0.425. The van der Waals surface area contributed by atoms with Crippen LogP contribution in [0.3, 0.4) is 0 Å². The lowest BCUT2D eigenvalue weighted by atomic mass is 10.1. The molecule has 0 unspecified atom stereocenters. The molecular weight excluding hydrogens is 479 g/mol. The second-order valence-electron chi connectivity index (χ2n) is 6.27. The van der Waals surface area contributed by atoms with Gasteiger partial charge in [0.15, 0.2) is 0 Å². The van der Waals surface area contributed by atoms with Gasteiger partial charge in [-0.25, -0.2) is 0 Å². The van der Waals surface area contributed by atoms with Gasteiger partial charge in [-0.1, -0.05) is 18.2 Å². The number of carbonyl (C=O) groups excluding carboxylic acids is 2. The molecule has 6 heteroatoms. The second kappa shape index (κ2) is 9.56. The number of amides is 2. The first-order chi connectivity index (χ1) is 14.0. The number of para-hydroxylation sites is 1. The summed E-state index contributed by atoms with van der Waals surface area (Å²) in [5, 5.41) is 2.86. The molecular formula is C23H21IN2O3. The number of hydrogen-bond acceptors (Lipinski definition) is 3. The Bertz CT molecular complexity index is 1000. The summed E-state index contributed by atoms with van der Waals surface area (Å²) in [5.41, 5.74) is 2.58. The van der Waals surface area contributed by atoms with Crippen molar-refractivity contribution in [1.82, 2.24) is 0 Å². The zero-order valence-electron chi connectivity index (χ0n) is 16.2. The summed E-state index contributed by atoms with van der Waals surface area (Å²) in [6.07, 6.45) is 0. The number of nitrogens with zero attached hydrogens (tertiary/aromatic N) is 1. The van der Waals surface area contributed by atoms with Crippen LogP contribution in [0.25, 0.3) is 0 Å². The molecule has 0 aliphatic rings. The van der Waals surface area contributed by atoms with Crippen molar-refractivity contribution in [3.05, 3.63) is 87.5 Å². The highest BCUT2D eigenvalue weighted by Gasteiger charge is 2.16. The molecule has 29 heavy (non-hydrogen) atoms. The number of hydrogen-bond donors (Lipinski definition) is 1. The minimum Gasteiger partial charge on any atom is -0.496 e. The summed E-state index contributed by atoms with van der Waals surface area (Å²) >= 11 is 2.13. The average Bonchev–Trinajstić information content (AvgIpc) is 2.75. The molecule has 0 spiro atoms. The van der Waals surface area contributed by atoms with E-state index in [1.54, 1.807) is 54.5 Å². The fourth-order valence-electron chi connectivity index (χ4n) is 2.91. The molecule has 3 aromatic carbocycles. The van der Waals surface area contributed by atoms with Gasteiger partial charge in [0.25, 0.3) is 11.8 Å². The predicted octanol–water partition coefficient (Wildman–Crippen LogP) is 5.22. The Morgan fingerprint density at radius 2 is 1.62 bits per heavy atom. The molecule has 2 amide bonds. The van der Waals surface area contributed by atoms with Crippen molar-refractivity contribution in [1.29, 1.82) is 0 Å². The number of anilines is 2. The third-order valence-corrected chi connectivity index (χ3v) is 5.28. The van der Waals surface area contributed by atoms with Crippen LogP contribution >= 0.6 is 22.6 Å². The average molecular weight is 500 g/mol. The molecule has 1 N–H and O–H groups in total. The van der Waals surface area contributed by atoms with Crippen molar-refractivity contribution < 1.29 is 14.3 Å². The van der Waals surface area contributed by atoms with Gasteiger partial charge in [-0.15, -0.1) is 0 Å². The van der Waals surface area contributed by atoms with Crippen molar-refractivity contribution in [2.75, 3.05) is 23.9 Å². The van der Waals surface area contributed by atoms with Crippen molar-refractivity contribution >= 4 is 45.8 Å². The lowest BCUT2D eigenvalue weighted by molar-refractivity contribution is 0.0987. The topological polar surface area (TPSA) is 58.6 Å². The maximum atomic E-state index is 12.9. The van der Waals surface area contributed by atoms with E-state index in [1.807, 2.05) is 37.3 Å². The minimum atomic E-state index is -0.218. The van der Waals surface area contributed by atoms with Crippen LogP contribution < -0.4 is 15.0 Å². The minimum absolute atomic E-state index is 0.0821. The second-order valence-corrected chi connectivity index (χ2v) is 7.43. The molecule has 0 saturated heterocycles. The van der Waals surface area contributed by atoms with Crippen LogP contribution in [0.5, 0.6) is 5.75 Å². The Labute approximate surface area is 183 Å². The van der Waals surface area contributed by atoms with Gasteiger partial charge in [0, 0.05) is 29.0 Å². The van der Waals surface area contributed by atoms with E-state index in [9.17, 15) is 9.59 Å². The highest BCUT2D eigenvalue weighted by atomic mass is 127. The van der Waals surface area contributed by atoms with E-state index in [-0.39, 0.29) is 11.8 Å². The maximum absolute atomic E-state index is 12.9. The van der Waals surface area contributed by atoms with Crippen molar-refractivity contribution in [3.8, 4) is 5.75 Å². The number of carbonyl (C=O) groups is 2. The van der Waals surface area contributed by atoms with E-state index in [0.29, 0.717) is 23.4 Å². The number of methoxy groups -OCH3 is 1. The summed E-state index contributed by atoms with van der Waals surface area (Å²) in [7, 11) is 1.59. The molecule has 148 valence electrons. The molecule has 0 heterocycles. The summed E-state index contributed by atoms with van der Waals surface area (Å²) in [4.78, 5) is 27.1. The molecule has 0 aromatic heterocycles. The molecule has 0 aliphatic heterocycles. The summed E-state index contributed by atoms with van der Waals surface area (Å²) in [6.45, 7) is 2.51. The summed E-state index contributed by atoms with van der Waals surface area (Å²) < 4.78 is 6.08. The zero-order valence-corrected chi connectivity index (χ0v) is 18.3. The van der Waals surface area contributed by atoms with Crippen LogP contribution in [-0.2, 0) is 0 Å². The molecule has 0 saturated carbocycles. The Balaban J connectivity index is 1.72. The number of halogens is 1. The molecule has 3 rings (SSSR count). The monoisotopic (exact) mass is 500 g/mol. The van der Waals surface area contributed by atoms with Gasteiger partial charge in [-0.3, -0.25) is 9.59 Å². The molecule has 0 atom stereocenters. The Morgan fingerprint density at radius 1 is 0.966 bits per heavy atom. The molecule has 5 nitrogen and oxygen atoms in total. The first kappa shape index (κ1) is 20.9. The quantitative estimate of drug-likeness (QED) is 0.473. The molecule has 3 aromatic rings. The molecule has 0 aliphatic carbocycles. The fraction of sp³-hybridized carbons (Fsp3) is 0.130. The van der Waals surface area contributed by atoms with Crippen LogP contribution in [0.1, 0.15) is 27.6 Å². The number of benzene rings is 3. The molecule has 0 fully saturated rings. The van der Waals surface area contributed by atoms with Crippen molar-refractivity contribution in [2.24, 2.45) is 0 Å². The van der Waals surface area contributed by atoms with Crippen LogP contribution in [0.4, 0.5) is 11.4 Å². The predicted molar refractivity (Wildman–Crippen MR) is 124 cm³/mol. The van der Waals surface area contributed by atoms with Gasteiger partial charge in [-0.2, -0.15) is 0 Å².